The van der Waals surface area contributed by atoms with Gasteiger partial charge in [0.15, 0.2) is 0 Å². The van der Waals surface area contributed by atoms with E-state index in [-0.39, 0.29) is 18.2 Å². The van der Waals surface area contributed by atoms with Crippen molar-refractivity contribution in [3.63, 3.8) is 0 Å². The second kappa shape index (κ2) is 10.4. The molecule has 2 saturated heterocycles. The Bertz CT molecular complexity index is 1250. The highest BCUT2D eigenvalue weighted by atomic mass is 16.2. The Hall–Kier alpha value is -3.94. The fraction of sp³-hybridized carbons (Fsp3) is 0.357. The number of aryl methyl sites for hydroxylation is 2. The van der Waals surface area contributed by atoms with E-state index in [4.69, 9.17) is 0 Å². The average molecular weight is 485 g/mol. The Labute approximate surface area is 211 Å². The van der Waals surface area contributed by atoms with Crippen molar-refractivity contribution in [2.24, 2.45) is 5.92 Å². The van der Waals surface area contributed by atoms with Gasteiger partial charge in [0.25, 0.3) is 0 Å². The van der Waals surface area contributed by atoms with Crippen molar-refractivity contribution < 1.29 is 9.59 Å². The second-order valence-corrected chi connectivity index (χ2v) is 9.50. The SMILES string of the molecule is CCc1ccc(Nc2cc(C)ncn2)cc1NC(=O)C1CC(=O)N(c2ccc(N3CCCC3)cc2)C1. The lowest BCUT2D eigenvalue weighted by Gasteiger charge is -2.21. The summed E-state index contributed by atoms with van der Waals surface area (Å²) in [6.07, 6.45) is 4.95. The summed E-state index contributed by atoms with van der Waals surface area (Å²) in [5.74, 6) is 0.136. The van der Waals surface area contributed by atoms with Crippen LogP contribution in [-0.2, 0) is 16.0 Å². The van der Waals surface area contributed by atoms with Crippen LogP contribution in [0.1, 0.15) is 37.4 Å². The maximum absolute atomic E-state index is 13.2. The Kier molecular flexibility index (Phi) is 6.84. The molecule has 2 aliphatic heterocycles. The third-order valence-electron chi connectivity index (χ3n) is 6.95. The minimum Gasteiger partial charge on any atom is -0.372 e. The van der Waals surface area contributed by atoms with E-state index in [9.17, 15) is 9.59 Å². The summed E-state index contributed by atoms with van der Waals surface area (Å²) in [7, 11) is 0. The van der Waals surface area contributed by atoms with E-state index in [2.05, 4.69) is 44.6 Å². The third kappa shape index (κ3) is 5.17. The van der Waals surface area contributed by atoms with Crippen LogP contribution in [0.25, 0.3) is 0 Å². The molecule has 2 fully saturated rings. The predicted molar refractivity (Wildman–Crippen MR) is 143 cm³/mol. The summed E-state index contributed by atoms with van der Waals surface area (Å²) in [6, 6.07) is 15.9. The summed E-state index contributed by atoms with van der Waals surface area (Å²) in [6.45, 7) is 6.51. The van der Waals surface area contributed by atoms with Crippen molar-refractivity contribution in [2.75, 3.05) is 40.1 Å². The van der Waals surface area contributed by atoms with Crippen molar-refractivity contribution in [1.29, 1.82) is 0 Å². The molecule has 0 saturated carbocycles. The molecule has 0 aliphatic carbocycles. The predicted octanol–water partition coefficient (Wildman–Crippen LogP) is 4.68. The normalized spacial score (nSPS) is 17.5. The lowest BCUT2D eigenvalue weighted by molar-refractivity contribution is -0.122. The molecule has 186 valence electrons. The number of nitrogens with zero attached hydrogens (tertiary/aromatic N) is 4. The van der Waals surface area contributed by atoms with E-state index >= 15 is 0 Å². The Morgan fingerprint density at radius 2 is 1.78 bits per heavy atom. The molecular weight excluding hydrogens is 452 g/mol. The molecule has 0 spiro atoms. The van der Waals surface area contributed by atoms with Crippen LogP contribution in [-0.4, -0.2) is 41.4 Å². The maximum Gasteiger partial charge on any atom is 0.229 e. The minimum atomic E-state index is -0.401. The van der Waals surface area contributed by atoms with E-state index in [0.717, 1.165) is 47.8 Å². The van der Waals surface area contributed by atoms with Crippen LogP contribution in [0.15, 0.2) is 54.9 Å². The van der Waals surface area contributed by atoms with Gasteiger partial charge in [0.2, 0.25) is 11.8 Å². The topological polar surface area (TPSA) is 90.5 Å². The van der Waals surface area contributed by atoms with E-state index in [1.165, 1.54) is 24.9 Å². The lowest BCUT2D eigenvalue weighted by atomic mass is 10.1. The number of rotatable bonds is 7. The van der Waals surface area contributed by atoms with Crippen molar-refractivity contribution in [2.45, 2.75) is 39.5 Å². The van der Waals surface area contributed by atoms with E-state index in [1.54, 1.807) is 4.90 Å². The van der Waals surface area contributed by atoms with Crippen LogP contribution in [0, 0.1) is 12.8 Å². The zero-order chi connectivity index (χ0) is 25.1. The highest BCUT2D eigenvalue weighted by Gasteiger charge is 2.35. The van der Waals surface area contributed by atoms with Crippen LogP contribution in [0.4, 0.5) is 28.6 Å². The number of anilines is 5. The Balaban J connectivity index is 1.26. The molecule has 1 atom stereocenters. The number of hydrogen-bond acceptors (Lipinski definition) is 6. The minimum absolute atomic E-state index is 0.0191. The van der Waals surface area contributed by atoms with Crippen LogP contribution in [0.3, 0.4) is 0 Å². The quantitative estimate of drug-likeness (QED) is 0.506. The first-order chi connectivity index (χ1) is 17.5. The smallest absolute Gasteiger partial charge is 0.229 e. The summed E-state index contributed by atoms with van der Waals surface area (Å²) in [4.78, 5) is 38.5. The molecule has 2 amide bonds. The molecule has 5 rings (SSSR count). The van der Waals surface area contributed by atoms with Gasteiger partial charge in [-0.15, -0.1) is 0 Å². The molecule has 2 aromatic carbocycles. The summed E-state index contributed by atoms with van der Waals surface area (Å²) < 4.78 is 0. The number of benzene rings is 2. The third-order valence-corrected chi connectivity index (χ3v) is 6.95. The molecule has 8 nitrogen and oxygen atoms in total. The van der Waals surface area contributed by atoms with Gasteiger partial charge in [0.1, 0.15) is 12.1 Å². The van der Waals surface area contributed by atoms with Crippen molar-refractivity contribution in [1.82, 2.24) is 9.97 Å². The van der Waals surface area contributed by atoms with Gasteiger partial charge in [-0.05, 0) is 68.1 Å². The summed E-state index contributed by atoms with van der Waals surface area (Å²) in [5.41, 5.74) is 5.51. The monoisotopic (exact) mass is 484 g/mol. The molecule has 8 heteroatoms. The summed E-state index contributed by atoms with van der Waals surface area (Å²) >= 11 is 0. The molecular formula is C28H32N6O2. The zero-order valence-corrected chi connectivity index (χ0v) is 20.8. The van der Waals surface area contributed by atoms with E-state index in [0.29, 0.717) is 12.4 Å². The molecule has 1 aromatic heterocycles. The fourth-order valence-corrected chi connectivity index (χ4v) is 4.94. The molecule has 1 unspecified atom stereocenters. The average Bonchev–Trinajstić information content (AvgIpc) is 3.55. The van der Waals surface area contributed by atoms with Crippen LogP contribution < -0.4 is 20.4 Å². The van der Waals surface area contributed by atoms with Gasteiger partial charge in [0, 0.05) is 60.6 Å². The van der Waals surface area contributed by atoms with Crippen LogP contribution >= 0.6 is 0 Å². The van der Waals surface area contributed by atoms with E-state index < -0.39 is 5.92 Å². The number of aromatic nitrogens is 2. The highest BCUT2D eigenvalue weighted by molar-refractivity contribution is 6.04. The first-order valence-electron chi connectivity index (χ1n) is 12.6. The van der Waals surface area contributed by atoms with Crippen LogP contribution in [0.2, 0.25) is 0 Å². The Morgan fingerprint density at radius 3 is 2.50 bits per heavy atom. The van der Waals surface area contributed by atoms with Gasteiger partial charge < -0.3 is 20.4 Å². The van der Waals surface area contributed by atoms with Gasteiger partial charge >= 0.3 is 0 Å². The first kappa shape index (κ1) is 23.8. The van der Waals surface area contributed by atoms with Crippen LogP contribution in [0.5, 0.6) is 0 Å². The van der Waals surface area contributed by atoms with Crippen molar-refractivity contribution >= 4 is 40.4 Å². The van der Waals surface area contributed by atoms with Gasteiger partial charge in [-0.3, -0.25) is 9.59 Å². The molecule has 3 heterocycles. The number of carbonyl (C=O) groups is 2. The number of carbonyl (C=O) groups excluding carboxylic acids is 2. The van der Waals surface area contributed by atoms with Gasteiger partial charge in [-0.2, -0.15) is 0 Å². The molecule has 0 radical (unpaired) electrons. The van der Waals surface area contributed by atoms with Gasteiger partial charge in [-0.1, -0.05) is 13.0 Å². The maximum atomic E-state index is 13.2. The number of hydrogen-bond donors (Lipinski definition) is 2. The second-order valence-electron chi connectivity index (χ2n) is 9.50. The highest BCUT2D eigenvalue weighted by Crippen LogP contribution is 2.30. The number of nitrogens with one attached hydrogen (secondary N) is 2. The van der Waals surface area contributed by atoms with Gasteiger partial charge in [0.05, 0.1) is 5.92 Å². The standard InChI is InChI=1S/C28H32N6O2/c1-3-20-6-7-22(31-26-14-19(2)29-18-30-26)16-25(20)32-28(36)21-15-27(35)34(17-21)24-10-8-23(9-11-24)33-12-4-5-13-33/h6-11,14,16,18,21H,3-5,12-13,15,17H2,1-2H3,(H,32,36)(H,29,30,31). The Morgan fingerprint density at radius 1 is 1.03 bits per heavy atom. The molecule has 2 N–H and O–H groups in total. The zero-order valence-electron chi connectivity index (χ0n) is 20.8. The van der Waals surface area contributed by atoms with Gasteiger partial charge in [-0.25, -0.2) is 9.97 Å². The summed E-state index contributed by atoms with van der Waals surface area (Å²) in [5, 5.41) is 6.35. The first-order valence-corrected chi connectivity index (χ1v) is 12.6. The van der Waals surface area contributed by atoms with Crippen molar-refractivity contribution in [3.05, 3.63) is 66.1 Å². The molecule has 3 aromatic rings. The molecule has 2 aliphatic rings. The molecule has 0 bridgehead atoms. The largest absolute Gasteiger partial charge is 0.372 e. The van der Waals surface area contributed by atoms with E-state index in [1.807, 2.05) is 43.3 Å². The lowest BCUT2D eigenvalue weighted by Crippen LogP contribution is -2.28. The molecule has 36 heavy (non-hydrogen) atoms. The number of amides is 2. The van der Waals surface area contributed by atoms with Crippen molar-refractivity contribution in [3.8, 4) is 0 Å². The fourth-order valence-electron chi connectivity index (χ4n) is 4.94.